The summed E-state index contributed by atoms with van der Waals surface area (Å²) >= 11 is 0. The quantitative estimate of drug-likeness (QED) is 0.855. The minimum Gasteiger partial charge on any atom is -0.508 e. The number of phenolic OH excluding ortho intramolecular Hbond substituents is 1. The van der Waals surface area contributed by atoms with E-state index < -0.39 is 11.7 Å². The van der Waals surface area contributed by atoms with Crippen LogP contribution < -0.4 is 5.32 Å². The van der Waals surface area contributed by atoms with E-state index in [1.807, 2.05) is 0 Å². The van der Waals surface area contributed by atoms with E-state index in [2.05, 4.69) is 5.32 Å². The van der Waals surface area contributed by atoms with Gasteiger partial charge in [-0.2, -0.15) is 13.2 Å². The Bertz CT molecular complexity index is 411. The number of hydrogen-bond acceptors (Lipinski definition) is 2. The van der Waals surface area contributed by atoms with Crippen molar-refractivity contribution in [3.8, 4) is 5.75 Å². The van der Waals surface area contributed by atoms with Crippen molar-refractivity contribution in [1.82, 2.24) is 5.32 Å². The van der Waals surface area contributed by atoms with E-state index in [1.54, 1.807) is 0 Å². The topological polar surface area (TPSA) is 32.3 Å². The van der Waals surface area contributed by atoms with E-state index in [4.69, 9.17) is 0 Å². The summed E-state index contributed by atoms with van der Waals surface area (Å²) in [6.45, 7) is 1.86. The van der Waals surface area contributed by atoms with Crippen molar-refractivity contribution in [2.24, 2.45) is 5.92 Å². The number of halogens is 3. The van der Waals surface area contributed by atoms with Gasteiger partial charge in [-0.1, -0.05) is 6.07 Å². The molecule has 0 saturated carbocycles. The molecule has 5 heteroatoms. The van der Waals surface area contributed by atoms with Gasteiger partial charge in [-0.25, -0.2) is 0 Å². The SMILES string of the molecule is Oc1cc(C(F)(F)F)ccc1CC1CCCNC1. The van der Waals surface area contributed by atoms with Crippen LogP contribution in [-0.4, -0.2) is 18.2 Å². The molecule has 18 heavy (non-hydrogen) atoms. The largest absolute Gasteiger partial charge is 0.508 e. The number of rotatable bonds is 2. The zero-order valence-corrected chi connectivity index (χ0v) is 9.93. The Hall–Kier alpha value is -1.23. The van der Waals surface area contributed by atoms with Crippen LogP contribution in [-0.2, 0) is 12.6 Å². The van der Waals surface area contributed by atoms with Gasteiger partial charge in [0.25, 0.3) is 0 Å². The van der Waals surface area contributed by atoms with E-state index in [0.717, 1.165) is 38.1 Å². The molecule has 1 aliphatic rings. The van der Waals surface area contributed by atoms with Crippen molar-refractivity contribution in [2.75, 3.05) is 13.1 Å². The number of aromatic hydroxyl groups is 1. The Morgan fingerprint density at radius 1 is 1.33 bits per heavy atom. The third-order valence-electron chi connectivity index (χ3n) is 3.32. The lowest BCUT2D eigenvalue weighted by Crippen LogP contribution is -2.30. The minimum atomic E-state index is -4.40. The van der Waals surface area contributed by atoms with Crippen LogP contribution in [0.3, 0.4) is 0 Å². The van der Waals surface area contributed by atoms with Crippen molar-refractivity contribution in [1.29, 1.82) is 0 Å². The molecule has 2 N–H and O–H groups in total. The van der Waals surface area contributed by atoms with E-state index in [1.165, 1.54) is 6.07 Å². The van der Waals surface area contributed by atoms with Gasteiger partial charge in [-0.3, -0.25) is 0 Å². The molecule has 100 valence electrons. The Kier molecular flexibility index (Phi) is 3.80. The van der Waals surface area contributed by atoms with E-state index in [-0.39, 0.29) is 5.75 Å². The highest BCUT2D eigenvalue weighted by molar-refractivity contribution is 5.37. The summed E-state index contributed by atoms with van der Waals surface area (Å²) in [5, 5.41) is 12.9. The monoisotopic (exact) mass is 259 g/mol. The smallest absolute Gasteiger partial charge is 0.416 e. The summed E-state index contributed by atoms with van der Waals surface area (Å²) in [7, 11) is 0. The van der Waals surface area contributed by atoms with Crippen LogP contribution in [0.2, 0.25) is 0 Å². The maximum atomic E-state index is 12.4. The van der Waals surface area contributed by atoms with E-state index in [9.17, 15) is 18.3 Å². The van der Waals surface area contributed by atoms with Gasteiger partial charge >= 0.3 is 6.18 Å². The highest BCUT2D eigenvalue weighted by Crippen LogP contribution is 2.33. The Morgan fingerprint density at radius 2 is 2.11 bits per heavy atom. The van der Waals surface area contributed by atoms with Gasteiger partial charge in [0.15, 0.2) is 0 Å². The van der Waals surface area contributed by atoms with Crippen LogP contribution in [0.1, 0.15) is 24.0 Å². The lowest BCUT2D eigenvalue weighted by atomic mass is 9.91. The zero-order valence-electron chi connectivity index (χ0n) is 9.93. The number of nitrogens with one attached hydrogen (secondary N) is 1. The molecule has 0 amide bonds. The molecule has 1 aromatic carbocycles. The molecule has 2 nitrogen and oxygen atoms in total. The first-order valence-electron chi connectivity index (χ1n) is 6.06. The third kappa shape index (κ3) is 3.16. The fourth-order valence-electron chi connectivity index (χ4n) is 2.32. The first-order chi connectivity index (χ1) is 8.47. The standard InChI is InChI=1S/C13H16F3NO/c14-13(15,16)11-4-3-10(12(18)7-11)6-9-2-1-5-17-8-9/h3-4,7,9,17-18H,1-2,5-6,8H2. The fraction of sp³-hybridized carbons (Fsp3) is 0.538. The molecule has 0 aromatic heterocycles. The van der Waals surface area contributed by atoms with Gasteiger partial charge in [0.05, 0.1) is 5.56 Å². The second-order valence-corrected chi connectivity index (χ2v) is 4.76. The zero-order chi connectivity index (χ0) is 13.2. The lowest BCUT2D eigenvalue weighted by Gasteiger charge is -2.23. The maximum Gasteiger partial charge on any atom is 0.416 e. The molecule has 1 atom stereocenters. The molecule has 1 aliphatic heterocycles. The van der Waals surface area contributed by atoms with Gasteiger partial charge in [0.1, 0.15) is 5.75 Å². The van der Waals surface area contributed by atoms with Crippen molar-refractivity contribution >= 4 is 0 Å². The number of benzene rings is 1. The Balaban J connectivity index is 2.09. The van der Waals surface area contributed by atoms with Crippen LogP contribution in [0.15, 0.2) is 18.2 Å². The highest BCUT2D eigenvalue weighted by atomic mass is 19.4. The molecule has 1 saturated heterocycles. The maximum absolute atomic E-state index is 12.4. The van der Waals surface area contributed by atoms with Crippen LogP contribution in [0.4, 0.5) is 13.2 Å². The summed E-state index contributed by atoms with van der Waals surface area (Å²) in [6.07, 6.45) is -1.65. The van der Waals surface area contributed by atoms with Crippen molar-refractivity contribution < 1.29 is 18.3 Å². The van der Waals surface area contributed by atoms with Gasteiger partial charge in [-0.05, 0) is 56.0 Å². The van der Waals surface area contributed by atoms with E-state index in [0.29, 0.717) is 17.9 Å². The molecule has 0 spiro atoms. The Labute approximate surface area is 104 Å². The normalized spacial score (nSPS) is 20.9. The molecule has 1 fully saturated rings. The first-order valence-corrected chi connectivity index (χ1v) is 6.06. The second kappa shape index (κ2) is 5.18. The van der Waals surface area contributed by atoms with E-state index >= 15 is 0 Å². The Morgan fingerprint density at radius 3 is 2.67 bits per heavy atom. The third-order valence-corrected chi connectivity index (χ3v) is 3.32. The summed E-state index contributed by atoms with van der Waals surface area (Å²) in [4.78, 5) is 0. The van der Waals surface area contributed by atoms with Crippen LogP contribution in [0.5, 0.6) is 5.75 Å². The van der Waals surface area contributed by atoms with Crippen molar-refractivity contribution in [3.05, 3.63) is 29.3 Å². The average molecular weight is 259 g/mol. The van der Waals surface area contributed by atoms with Crippen LogP contribution in [0, 0.1) is 5.92 Å². The minimum absolute atomic E-state index is 0.254. The van der Waals surface area contributed by atoms with Gasteiger partial charge < -0.3 is 10.4 Å². The molecular weight excluding hydrogens is 243 g/mol. The predicted molar refractivity (Wildman–Crippen MR) is 62.4 cm³/mol. The van der Waals surface area contributed by atoms with Crippen LogP contribution >= 0.6 is 0 Å². The molecule has 1 aromatic rings. The number of alkyl halides is 3. The second-order valence-electron chi connectivity index (χ2n) is 4.76. The summed E-state index contributed by atoms with van der Waals surface area (Å²) in [5.74, 6) is 0.136. The molecule has 2 rings (SSSR count). The highest BCUT2D eigenvalue weighted by Gasteiger charge is 2.31. The molecule has 1 unspecified atom stereocenters. The fourth-order valence-corrected chi connectivity index (χ4v) is 2.32. The molecular formula is C13H16F3NO. The van der Waals surface area contributed by atoms with Gasteiger partial charge in [0, 0.05) is 0 Å². The molecule has 0 aliphatic carbocycles. The molecule has 0 radical (unpaired) electrons. The summed E-state index contributed by atoms with van der Waals surface area (Å²) in [5.41, 5.74) is -0.206. The van der Waals surface area contributed by atoms with Gasteiger partial charge in [0.2, 0.25) is 0 Å². The average Bonchev–Trinajstić information content (AvgIpc) is 2.32. The number of hydrogen-bond donors (Lipinski definition) is 2. The first kappa shape index (κ1) is 13.2. The molecule has 1 heterocycles. The summed E-state index contributed by atoms with van der Waals surface area (Å²) in [6, 6.07) is 3.23. The van der Waals surface area contributed by atoms with Crippen LogP contribution in [0.25, 0.3) is 0 Å². The van der Waals surface area contributed by atoms with Crippen molar-refractivity contribution in [2.45, 2.75) is 25.4 Å². The number of piperidine rings is 1. The van der Waals surface area contributed by atoms with Gasteiger partial charge in [-0.15, -0.1) is 0 Å². The van der Waals surface area contributed by atoms with Crippen molar-refractivity contribution in [3.63, 3.8) is 0 Å². The lowest BCUT2D eigenvalue weighted by molar-refractivity contribution is -0.137. The number of phenols is 1. The molecule has 0 bridgehead atoms. The predicted octanol–water partition coefficient (Wildman–Crippen LogP) is 2.95. The summed E-state index contributed by atoms with van der Waals surface area (Å²) < 4.78 is 37.3.